The summed E-state index contributed by atoms with van der Waals surface area (Å²) < 4.78 is 34.1. The van der Waals surface area contributed by atoms with Crippen molar-refractivity contribution in [1.29, 1.82) is 0 Å². The molecule has 1 aliphatic heterocycles. The first kappa shape index (κ1) is 26.3. The van der Waals surface area contributed by atoms with E-state index in [9.17, 15) is 18.6 Å². The molecule has 4 aromatic rings. The molecule has 0 bridgehead atoms. The maximum Gasteiger partial charge on any atom is 0.233 e. The minimum absolute atomic E-state index is 0.0447. The fourth-order valence-corrected chi connectivity index (χ4v) is 4.89. The molecule has 5 rings (SSSR count). The number of aliphatic hydroxyl groups is 2. The van der Waals surface area contributed by atoms with Gasteiger partial charge in [-0.3, -0.25) is 4.57 Å². The number of nitrogens with one attached hydrogen (secondary N) is 1. The third kappa shape index (κ3) is 5.46. The molecule has 200 valence electrons. The van der Waals surface area contributed by atoms with Gasteiger partial charge in [0.1, 0.15) is 17.7 Å². The van der Waals surface area contributed by atoms with E-state index >= 15 is 0 Å². The third-order valence-electron chi connectivity index (χ3n) is 6.18. The lowest BCUT2D eigenvalue weighted by Gasteiger charge is -2.27. The highest BCUT2D eigenvalue weighted by atomic mass is 32.2. The monoisotopic (exact) mass is 547 g/mol. The van der Waals surface area contributed by atoms with Crippen LogP contribution in [0.2, 0.25) is 0 Å². The van der Waals surface area contributed by atoms with Crippen molar-refractivity contribution in [2.45, 2.75) is 17.9 Å². The molecule has 7 N–H and O–H groups in total. The Balaban J connectivity index is 1.34. The van der Waals surface area contributed by atoms with Crippen LogP contribution in [0.1, 0.15) is 17.0 Å². The molecule has 2 aromatic heterocycles. The topological polar surface area (TPSA) is 191 Å². The molecule has 3 heterocycles. The number of rotatable bonds is 6. The number of hydrogen-bond acceptors (Lipinski definition) is 10. The highest BCUT2D eigenvalue weighted by molar-refractivity contribution is 7.92. The summed E-state index contributed by atoms with van der Waals surface area (Å²) in [4.78, 5) is 12.7. The van der Waals surface area contributed by atoms with Crippen LogP contribution in [0.4, 0.5) is 11.5 Å². The predicted molar refractivity (Wildman–Crippen MR) is 145 cm³/mol. The largest absolute Gasteiger partial charge is 0.398 e. The molecule has 1 saturated heterocycles. The molecule has 39 heavy (non-hydrogen) atoms. The van der Waals surface area contributed by atoms with Gasteiger partial charge in [0, 0.05) is 23.2 Å². The number of para-hydroxylation sites is 1. The average molecular weight is 548 g/mol. The van der Waals surface area contributed by atoms with Gasteiger partial charge in [-0.15, -0.1) is 0 Å². The first-order valence-electron chi connectivity index (χ1n) is 11.8. The van der Waals surface area contributed by atoms with Crippen LogP contribution >= 0.6 is 0 Å². The van der Waals surface area contributed by atoms with E-state index in [1.807, 2.05) is 30.3 Å². The number of nitrogens with zero attached hydrogens (tertiary/aromatic N) is 4. The van der Waals surface area contributed by atoms with E-state index in [0.717, 1.165) is 11.0 Å². The Labute approximate surface area is 224 Å². The summed E-state index contributed by atoms with van der Waals surface area (Å²) >= 11 is 0. The van der Waals surface area contributed by atoms with Crippen LogP contribution in [0.25, 0.3) is 17.2 Å². The van der Waals surface area contributed by atoms with Crippen molar-refractivity contribution in [3.8, 4) is 11.8 Å². The second-order valence-corrected chi connectivity index (χ2v) is 10.5. The van der Waals surface area contributed by atoms with Gasteiger partial charge in [-0.2, -0.15) is 0 Å². The Bertz CT molecular complexity index is 1710. The molecule has 0 unspecified atom stereocenters. The Morgan fingerprint density at radius 3 is 2.64 bits per heavy atom. The standard InChI is InChI=1S/C26H25N7O5S/c27-19-9-5-4-8-18(19)12-13-39(36,37)30-14-20-23(34)26(35,15-38-20)33-16-29-22-24(28)31-21(32-25(22)33)11-10-17-6-2-1-3-7-17/h1-9,12-13,16,20,23,30,34-35H,14-15,27H2,(H2,28,31,32)/b13-12+/t20-,23-,26-/m1/s1. The molecule has 0 amide bonds. The summed E-state index contributed by atoms with van der Waals surface area (Å²) in [6.45, 7) is -0.671. The minimum Gasteiger partial charge on any atom is -0.398 e. The third-order valence-corrected chi connectivity index (χ3v) is 7.24. The molecular weight excluding hydrogens is 522 g/mol. The molecule has 12 nitrogen and oxygen atoms in total. The number of benzene rings is 2. The van der Waals surface area contributed by atoms with Crippen LogP contribution in [0, 0.1) is 11.8 Å². The molecule has 3 atom stereocenters. The second kappa shape index (κ2) is 10.4. The first-order valence-corrected chi connectivity index (χ1v) is 13.3. The number of sulfonamides is 1. The number of ether oxygens (including phenoxy) is 1. The van der Waals surface area contributed by atoms with E-state index in [1.165, 1.54) is 17.0 Å². The fourth-order valence-electron chi connectivity index (χ4n) is 4.07. The van der Waals surface area contributed by atoms with Gasteiger partial charge in [-0.25, -0.2) is 28.1 Å². The van der Waals surface area contributed by atoms with Gasteiger partial charge < -0.3 is 26.4 Å². The van der Waals surface area contributed by atoms with Gasteiger partial charge in [0.05, 0.1) is 12.9 Å². The van der Waals surface area contributed by atoms with Crippen LogP contribution in [-0.2, 0) is 20.5 Å². The van der Waals surface area contributed by atoms with Crippen molar-refractivity contribution in [1.82, 2.24) is 24.2 Å². The van der Waals surface area contributed by atoms with Crippen LogP contribution < -0.4 is 16.2 Å². The number of aliphatic hydroxyl groups excluding tert-OH is 1. The number of nitrogens with two attached hydrogens (primary N) is 2. The molecule has 0 spiro atoms. The van der Waals surface area contributed by atoms with Gasteiger partial charge >= 0.3 is 0 Å². The number of nitrogen functional groups attached to an aromatic ring is 2. The molecule has 0 saturated carbocycles. The van der Waals surface area contributed by atoms with Crippen molar-refractivity contribution in [2.24, 2.45) is 0 Å². The molecule has 0 aliphatic carbocycles. The zero-order valence-corrected chi connectivity index (χ0v) is 21.3. The van der Waals surface area contributed by atoms with Gasteiger partial charge in [0.2, 0.25) is 15.8 Å². The van der Waals surface area contributed by atoms with E-state index in [4.69, 9.17) is 16.2 Å². The van der Waals surface area contributed by atoms with Crippen molar-refractivity contribution in [2.75, 3.05) is 24.6 Å². The summed E-state index contributed by atoms with van der Waals surface area (Å²) in [7, 11) is -3.90. The van der Waals surface area contributed by atoms with Gasteiger partial charge in [-0.05, 0) is 35.8 Å². The Kier molecular flexibility index (Phi) is 7.04. The van der Waals surface area contributed by atoms with Crippen LogP contribution in [0.15, 0.2) is 66.3 Å². The van der Waals surface area contributed by atoms with Crippen molar-refractivity contribution >= 4 is 38.8 Å². The maximum atomic E-state index is 12.5. The van der Waals surface area contributed by atoms with E-state index in [0.29, 0.717) is 11.3 Å². The van der Waals surface area contributed by atoms with Crippen LogP contribution in [-0.4, -0.2) is 63.5 Å². The Morgan fingerprint density at radius 1 is 1.13 bits per heavy atom. The molecule has 2 aromatic carbocycles. The quantitative estimate of drug-likeness (QED) is 0.167. The van der Waals surface area contributed by atoms with Gasteiger partial charge in [0.25, 0.3) is 0 Å². The normalized spacial score (nSPS) is 21.3. The van der Waals surface area contributed by atoms with Crippen LogP contribution in [0.3, 0.4) is 0 Å². The molecular formula is C26H25N7O5S. The summed E-state index contributed by atoms with van der Waals surface area (Å²) in [5.74, 6) is 5.92. The maximum absolute atomic E-state index is 12.5. The van der Waals surface area contributed by atoms with E-state index in [1.54, 1.807) is 24.3 Å². The van der Waals surface area contributed by atoms with Gasteiger partial charge in [0.15, 0.2) is 17.2 Å². The molecule has 1 fully saturated rings. The zero-order valence-electron chi connectivity index (χ0n) is 20.5. The second-order valence-electron chi connectivity index (χ2n) is 8.83. The Hall–Kier alpha value is -4.32. The lowest BCUT2D eigenvalue weighted by molar-refractivity contribution is -0.107. The predicted octanol–water partition coefficient (Wildman–Crippen LogP) is 0.386. The minimum atomic E-state index is -3.90. The highest BCUT2D eigenvalue weighted by Gasteiger charge is 2.50. The average Bonchev–Trinajstić information content (AvgIpc) is 3.48. The number of imidazole rings is 1. The van der Waals surface area contributed by atoms with Crippen LogP contribution in [0.5, 0.6) is 0 Å². The summed E-state index contributed by atoms with van der Waals surface area (Å²) in [6, 6.07) is 16.0. The lowest BCUT2D eigenvalue weighted by Crippen LogP contribution is -2.48. The summed E-state index contributed by atoms with van der Waals surface area (Å²) in [5, 5.41) is 23.3. The zero-order chi connectivity index (χ0) is 27.6. The van der Waals surface area contributed by atoms with E-state index in [2.05, 4.69) is 31.5 Å². The number of fused-ring (bicyclic) bond motifs is 1. The molecule has 13 heteroatoms. The Morgan fingerprint density at radius 2 is 1.87 bits per heavy atom. The highest BCUT2D eigenvalue weighted by Crippen LogP contribution is 2.32. The lowest BCUT2D eigenvalue weighted by atomic mass is 10.1. The number of anilines is 2. The summed E-state index contributed by atoms with van der Waals surface area (Å²) in [6.07, 6.45) is 0.00579. The van der Waals surface area contributed by atoms with Crippen molar-refractivity contribution < 1.29 is 23.4 Å². The fraction of sp³-hybridized carbons (Fsp3) is 0.192. The van der Waals surface area contributed by atoms with Crippen molar-refractivity contribution in [3.05, 3.63) is 83.3 Å². The van der Waals surface area contributed by atoms with Crippen molar-refractivity contribution in [3.63, 3.8) is 0 Å². The molecule has 0 radical (unpaired) electrons. The number of aromatic nitrogens is 4. The first-order chi connectivity index (χ1) is 18.7. The molecule has 1 aliphatic rings. The van der Waals surface area contributed by atoms with E-state index < -0.39 is 28.0 Å². The van der Waals surface area contributed by atoms with E-state index in [-0.39, 0.29) is 36.0 Å². The SMILES string of the molecule is Nc1ccccc1/C=C/S(=O)(=O)NC[C@H]1OC[C@](O)(n2cnc3c(N)nc(C#Cc4ccccc4)nc32)[C@@H]1O. The van der Waals surface area contributed by atoms with Gasteiger partial charge in [-0.1, -0.05) is 42.3 Å². The smallest absolute Gasteiger partial charge is 0.233 e. The number of hydrogen-bond donors (Lipinski definition) is 5. The summed E-state index contributed by atoms with van der Waals surface area (Å²) in [5.41, 5.74) is 11.9.